The van der Waals surface area contributed by atoms with Crippen molar-refractivity contribution in [2.75, 3.05) is 10.1 Å². The fourth-order valence-electron chi connectivity index (χ4n) is 2.40. The van der Waals surface area contributed by atoms with E-state index in [9.17, 15) is 30.8 Å². The summed E-state index contributed by atoms with van der Waals surface area (Å²) in [4.78, 5) is 12.2. The molecule has 0 spiro atoms. The van der Waals surface area contributed by atoms with Crippen molar-refractivity contribution >= 4 is 27.3 Å². The average Bonchev–Trinajstić information content (AvgIpc) is 2.72. The van der Waals surface area contributed by atoms with Gasteiger partial charge in [0.1, 0.15) is 5.82 Å². The number of anilines is 2. The van der Waals surface area contributed by atoms with Crippen LogP contribution in [-0.4, -0.2) is 14.3 Å². The predicted octanol–water partition coefficient (Wildman–Crippen LogP) is 3.80. The molecular weight excluding hydrogens is 426 g/mol. The first-order valence-electron chi connectivity index (χ1n) is 8.26. The van der Waals surface area contributed by atoms with Gasteiger partial charge in [0, 0.05) is 0 Å². The topological polar surface area (TPSA) is 87.3 Å². The second-order valence-corrected chi connectivity index (χ2v) is 7.59. The van der Waals surface area contributed by atoms with Gasteiger partial charge in [-0.1, -0.05) is 12.1 Å². The molecule has 30 heavy (non-hydrogen) atoms. The van der Waals surface area contributed by atoms with Gasteiger partial charge in [-0.25, -0.2) is 26.0 Å². The average molecular weight is 439 g/mol. The first-order valence-corrected chi connectivity index (χ1v) is 9.74. The lowest BCUT2D eigenvalue weighted by atomic mass is 10.2. The van der Waals surface area contributed by atoms with Crippen LogP contribution in [0.2, 0.25) is 0 Å². The molecule has 0 fully saturated rings. The lowest BCUT2D eigenvalue weighted by molar-refractivity contribution is 0.0963. The van der Waals surface area contributed by atoms with E-state index in [1.54, 1.807) is 0 Å². The van der Waals surface area contributed by atoms with Crippen LogP contribution in [0.4, 0.5) is 28.9 Å². The molecule has 6 nitrogen and oxygen atoms in total. The van der Waals surface area contributed by atoms with E-state index in [4.69, 9.17) is 0 Å². The third-order valence-electron chi connectivity index (χ3n) is 3.89. The van der Waals surface area contributed by atoms with E-state index >= 15 is 0 Å². The normalized spacial score (nSPS) is 11.1. The molecular formula is C19H13F4N3O3S. The molecule has 0 unspecified atom stereocenters. The fraction of sp³-hybridized carbons (Fsp3) is 0. The molecule has 0 heterocycles. The number of rotatable bonds is 6. The third kappa shape index (κ3) is 4.51. The van der Waals surface area contributed by atoms with E-state index in [1.165, 1.54) is 24.3 Å². The Kier molecular flexibility index (Phi) is 5.92. The van der Waals surface area contributed by atoms with Crippen LogP contribution in [0, 0.1) is 23.3 Å². The van der Waals surface area contributed by atoms with Crippen LogP contribution < -0.4 is 15.6 Å². The smallest absolute Gasteiger partial charge is 0.271 e. The molecule has 3 aromatic carbocycles. The minimum atomic E-state index is -4.14. The second-order valence-electron chi connectivity index (χ2n) is 5.91. The van der Waals surface area contributed by atoms with Gasteiger partial charge in [0.25, 0.3) is 15.9 Å². The summed E-state index contributed by atoms with van der Waals surface area (Å²) in [5.74, 6) is -6.17. The molecule has 3 rings (SSSR count). The number of nitrogens with one attached hydrogen (secondary N) is 3. The molecule has 156 valence electrons. The Morgan fingerprint density at radius 2 is 1.43 bits per heavy atom. The zero-order valence-corrected chi connectivity index (χ0v) is 15.7. The van der Waals surface area contributed by atoms with Crippen molar-refractivity contribution in [3.8, 4) is 0 Å². The quantitative estimate of drug-likeness (QED) is 0.310. The molecule has 0 aromatic heterocycles. The summed E-state index contributed by atoms with van der Waals surface area (Å²) in [7, 11) is -4.14. The lowest BCUT2D eigenvalue weighted by Crippen LogP contribution is -2.31. The molecule has 11 heteroatoms. The zero-order valence-electron chi connectivity index (χ0n) is 14.9. The largest absolute Gasteiger partial charge is 0.295 e. The molecule has 0 aliphatic heterocycles. The molecule has 3 N–H and O–H groups in total. The highest BCUT2D eigenvalue weighted by Crippen LogP contribution is 2.22. The van der Waals surface area contributed by atoms with Gasteiger partial charge < -0.3 is 0 Å². The Bertz CT molecular complexity index is 1200. The van der Waals surface area contributed by atoms with Gasteiger partial charge >= 0.3 is 0 Å². The van der Waals surface area contributed by atoms with Crippen LogP contribution in [0.1, 0.15) is 10.4 Å². The van der Waals surface area contributed by atoms with E-state index < -0.39 is 44.9 Å². The highest BCUT2D eigenvalue weighted by atomic mass is 32.2. The van der Waals surface area contributed by atoms with E-state index in [2.05, 4.69) is 15.6 Å². The van der Waals surface area contributed by atoms with Gasteiger partial charge in [-0.3, -0.25) is 20.4 Å². The molecule has 3 aromatic rings. The van der Waals surface area contributed by atoms with E-state index in [0.29, 0.717) is 6.07 Å². The molecule has 0 saturated carbocycles. The number of para-hydroxylation sites is 1. The number of carbonyl (C=O) groups is 1. The maximum atomic E-state index is 13.7. The fourth-order valence-corrected chi connectivity index (χ4v) is 3.48. The SMILES string of the molecule is O=C(NNc1ccc(F)c(F)c1F)c1ccccc1NS(=O)(=O)c1ccc(F)cc1. The van der Waals surface area contributed by atoms with Gasteiger partial charge in [0.15, 0.2) is 17.5 Å². The van der Waals surface area contributed by atoms with E-state index in [1.807, 2.05) is 0 Å². The highest BCUT2D eigenvalue weighted by molar-refractivity contribution is 7.92. The Morgan fingerprint density at radius 3 is 2.13 bits per heavy atom. The van der Waals surface area contributed by atoms with Gasteiger partial charge in [0.05, 0.1) is 21.8 Å². The van der Waals surface area contributed by atoms with Gasteiger partial charge in [-0.05, 0) is 48.5 Å². The molecule has 0 radical (unpaired) electrons. The Hall–Kier alpha value is -3.60. The molecule has 0 bridgehead atoms. The monoisotopic (exact) mass is 439 g/mol. The van der Waals surface area contributed by atoms with Crippen LogP contribution in [0.3, 0.4) is 0 Å². The summed E-state index contributed by atoms with van der Waals surface area (Å²) < 4.78 is 80.1. The van der Waals surface area contributed by atoms with Crippen molar-refractivity contribution < 1.29 is 30.8 Å². The summed E-state index contributed by atoms with van der Waals surface area (Å²) >= 11 is 0. The number of hydrogen-bond donors (Lipinski definition) is 3. The standard InChI is InChI=1S/C19H13F4N3O3S/c20-11-5-7-12(8-6-11)30(28,29)26-15-4-2-1-3-13(15)19(27)25-24-16-10-9-14(21)17(22)18(16)23/h1-10,24,26H,(H,25,27). The van der Waals surface area contributed by atoms with E-state index in [-0.39, 0.29) is 16.1 Å². The number of halogens is 4. The zero-order chi connectivity index (χ0) is 21.9. The highest BCUT2D eigenvalue weighted by Gasteiger charge is 2.19. The Morgan fingerprint density at radius 1 is 0.767 bits per heavy atom. The summed E-state index contributed by atoms with van der Waals surface area (Å²) in [5, 5.41) is 0. The molecule has 0 aliphatic carbocycles. The minimum Gasteiger partial charge on any atom is -0.295 e. The molecule has 0 aliphatic rings. The predicted molar refractivity (Wildman–Crippen MR) is 101 cm³/mol. The lowest BCUT2D eigenvalue weighted by Gasteiger charge is -2.14. The van der Waals surface area contributed by atoms with Gasteiger partial charge in [-0.2, -0.15) is 0 Å². The maximum Gasteiger partial charge on any atom is 0.271 e. The first-order chi connectivity index (χ1) is 14.2. The van der Waals surface area contributed by atoms with Crippen LogP contribution in [0.5, 0.6) is 0 Å². The third-order valence-corrected chi connectivity index (χ3v) is 5.27. The number of hydrazine groups is 1. The number of benzene rings is 3. The number of carbonyl (C=O) groups excluding carboxylic acids is 1. The summed E-state index contributed by atoms with van der Waals surface area (Å²) in [5.41, 5.74) is 3.37. The first kappa shape index (κ1) is 21.1. The molecule has 0 atom stereocenters. The molecule has 0 saturated heterocycles. The van der Waals surface area contributed by atoms with Crippen LogP contribution >= 0.6 is 0 Å². The second kappa shape index (κ2) is 8.41. The number of hydrogen-bond acceptors (Lipinski definition) is 4. The van der Waals surface area contributed by atoms with Crippen LogP contribution in [0.25, 0.3) is 0 Å². The van der Waals surface area contributed by atoms with Crippen molar-refractivity contribution in [3.63, 3.8) is 0 Å². The summed E-state index contributed by atoms with van der Waals surface area (Å²) in [6.45, 7) is 0. The van der Waals surface area contributed by atoms with Gasteiger partial charge in [0.2, 0.25) is 0 Å². The van der Waals surface area contributed by atoms with Crippen molar-refractivity contribution in [2.24, 2.45) is 0 Å². The maximum absolute atomic E-state index is 13.7. The van der Waals surface area contributed by atoms with E-state index in [0.717, 1.165) is 30.3 Å². The van der Waals surface area contributed by atoms with Crippen molar-refractivity contribution in [1.29, 1.82) is 0 Å². The van der Waals surface area contributed by atoms with Crippen LogP contribution in [-0.2, 0) is 10.0 Å². The Balaban J connectivity index is 1.80. The van der Waals surface area contributed by atoms with Crippen molar-refractivity contribution in [3.05, 3.63) is 89.5 Å². The van der Waals surface area contributed by atoms with Crippen molar-refractivity contribution in [2.45, 2.75) is 4.90 Å². The van der Waals surface area contributed by atoms with Gasteiger partial charge in [-0.15, -0.1) is 0 Å². The Labute approximate surface area is 168 Å². The van der Waals surface area contributed by atoms with Crippen molar-refractivity contribution in [1.82, 2.24) is 5.43 Å². The molecule has 1 amide bonds. The van der Waals surface area contributed by atoms with Crippen LogP contribution in [0.15, 0.2) is 65.6 Å². The minimum absolute atomic E-state index is 0.119. The number of amides is 1. The number of sulfonamides is 1. The summed E-state index contributed by atoms with van der Waals surface area (Å²) in [6.07, 6.45) is 0. The summed E-state index contributed by atoms with van der Waals surface area (Å²) in [6, 6.07) is 11.1.